The van der Waals surface area contributed by atoms with Crippen LogP contribution < -0.4 is 4.74 Å². The molecule has 0 aromatic heterocycles. The zero-order valence-electron chi connectivity index (χ0n) is 10.1. The Morgan fingerprint density at radius 2 is 2.12 bits per heavy atom. The number of rotatable bonds is 6. The van der Waals surface area contributed by atoms with Crippen LogP contribution in [0.2, 0.25) is 0 Å². The Morgan fingerprint density at radius 1 is 1.38 bits per heavy atom. The monoisotopic (exact) mass is 226 g/mol. The summed E-state index contributed by atoms with van der Waals surface area (Å²) in [4.78, 5) is 0. The predicted molar refractivity (Wildman–Crippen MR) is 62.6 cm³/mol. The van der Waals surface area contributed by atoms with Crippen molar-refractivity contribution in [2.24, 2.45) is 0 Å². The van der Waals surface area contributed by atoms with Gasteiger partial charge in [-0.2, -0.15) is 0 Å². The fourth-order valence-corrected chi connectivity index (χ4v) is 1.57. The number of hydrogen-bond donors (Lipinski definition) is 0. The molecule has 16 heavy (non-hydrogen) atoms. The van der Waals surface area contributed by atoms with E-state index in [4.69, 9.17) is 9.47 Å². The second kappa shape index (κ2) is 6.48. The second-order valence-electron chi connectivity index (χ2n) is 3.66. The summed E-state index contributed by atoms with van der Waals surface area (Å²) in [5, 5.41) is 0. The lowest BCUT2D eigenvalue weighted by molar-refractivity contribution is -0.0707. The predicted octanol–water partition coefficient (Wildman–Crippen LogP) is 3.27. The van der Waals surface area contributed by atoms with Gasteiger partial charge in [-0.1, -0.05) is 25.1 Å². The molecular formula is C13H19FO2. The van der Waals surface area contributed by atoms with E-state index in [-0.39, 0.29) is 6.61 Å². The van der Waals surface area contributed by atoms with Crippen molar-refractivity contribution in [2.45, 2.75) is 33.5 Å². The molecule has 1 unspecified atom stereocenters. The quantitative estimate of drug-likeness (QED) is 0.693. The van der Waals surface area contributed by atoms with Gasteiger partial charge in [-0.3, -0.25) is 0 Å². The molecular weight excluding hydrogens is 207 g/mol. The van der Waals surface area contributed by atoms with Crippen molar-refractivity contribution in [3.05, 3.63) is 29.3 Å². The van der Waals surface area contributed by atoms with Crippen molar-refractivity contribution in [1.29, 1.82) is 0 Å². The highest BCUT2D eigenvalue weighted by Gasteiger charge is 2.09. The summed E-state index contributed by atoms with van der Waals surface area (Å²) in [6.07, 6.45) is 0.495. The number of alkyl halides is 1. The van der Waals surface area contributed by atoms with Crippen molar-refractivity contribution < 1.29 is 13.9 Å². The van der Waals surface area contributed by atoms with Crippen LogP contribution in [0, 0.1) is 6.92 Å². The Hall–Kier alpha value is -1.09. The normalized spacial score (nSPS) is 12.5. The van der Waals surface area contributed by atoms with Crippen LogP contribution in [0.15, 0.2) is 18.2 Å². The summed E-state index contributed by atoms with van der Waals surface area (Å²) in [5.74, 6) is 0.858. The maximum atomic E-state index is 11.9. The molecule has 0 spiro atoms. The minimum Gasteiger partial charge on any atom is -0.465 e. The molecule has 1 aromatic rings. The van der Waals surface area contributed by atoms with Gasteiger partial charge in [0.05, 0.1) is 6.61 Å². The van der Waals surface area contributed by atoms with E-state index in [0.29, 0.717) is 0 Å². The zero-order valence-corrected chi connectivity index (χ0v) is 10.1. The van der Waals surface area contributed by atoms with Crippen molar-refractivity contribution in [3.63, 3.8) is 0 Å². The smallest absolute Gasteiger partial charge is 0.197 e. The molecule has 90 valence electrons. The Labute approximate surface area is 96.4 Å². The number of halogens is 1. The van der Waals surface area contributed by atoms with Crippen LogP contribution in [0.25, 0.3) is 0 Å². The van der Waals surface area contributed by atoms with E-state index in [1.54, 1.807) is 6.92 Å². The highest BCUT2D eigenvalue weighted by atomic mass is 19.1. The molecule has 3 heteroatoms. The highest BCUT2D eigenvalue weighted by Crippen LogP contribution is 2.25. The number of hydrogen-bond acceptors (Lipinski definition) is 2. The fraction of sp³-hybridized carbons (Fsp3) is 0.538. The first-order valence-corrected chi connectivity index (χ1v) is 5.61. The van der Waals surface area contributed by atoms with Crippen LogP contribution in [0.1, 0.15) is 25.0 Å². The number of para-hydroxylation sites is 1. The first-order chi connectivity index (χ1) is 7.69. The minimum atomic E-state index is -0.484. The molecule has 0 fully saturated rings. The van der Waals surface area contributed by atoms with E-state index in [2.05, 4.69) is 6.92 Å². The van der Waals surface area contributed by atoms with Gasteiger partial charge in [-0.05, 0) is 31.4 Å². The van der Waals surface area contributed by atoms with Gasteiger partial charge in [0.15, 0.2) is 6.29 Å². The lowest BCUT2D eigenvalue weighted by Crippen LogP contribution is -2.18. The second-order valence-corrected chi connectivity index (χ2v) is 3.66. The first-order valence-electron chi connectivity index (χ1n) is 5.61. The Bertz CT molecular complexity index is 326. The molecule has 0 N–H and O–H groups in total. The van der Waals surface area contributed by atoms with Gasteiger partial charge in [0.2, 0.25) is 0 Å². The molecule has 0 amide bonds. The van der Waals surface area contributed by atoms with Gasteiger partial charge in [0.1, 0.15) is 12.4 Å². The summed E-state index contributed by atoms with van der Waals surface area (Å²) in [6, 6.07) is 6.04. The molecule has 0 saturated carbocycles. The zero-order chi connectivity index (χ0) is 12.0. The molecule has 0 aliphatic rings. The highest BCUT2D eigenvalue weighted by molar-refractivity contribution is 5.40. The van der Waals surface area contributed by atoms with Crippen molar-refractivity contribution >= 4 is 0 Å². The summed E-state index contributed by atoms with van der Waals surface area (Å²) in [7, 11) is 0. The summed E-state index contributed by atoms with van der Waals surface area (Å²) in [5.41, 5.74) is 2.23. The third-order valence-corrected chi connectivity index (χ3v) is 2.39. The molecule has 0 radical (unpaired) electrons. The maximum Gasteiger partial charge on any atom is 0.197 e. The van der Waals surface area contributed by atoms with Crippen LogP contribution in [0.3, 0.4) is 0 Å². The van der Waals surface area contributed by atoms with Crippen molar-refractivity contribution in [1.82, 2.24) is 0 Å². The summed E-state index contributed by atoms with van der Waals surface area (Å²) < 4.78 is 22.8. The third-order valence-electron chi connectivity index (χ3n) is 2.39. The number of aryl methyl sites for hydroxylation is 2. The Kier molecular flexibility index (Phi) is 5.26. The maximum absolute atomic E-state index is 11.9. The molecule has 0 aliphatic carbocycles. The van der Waals surface area contributed by atoms with Gasteiger partial charge in [-0.25, -0.2) is 4.39 Å². The molecule has 1 aromatic carbocycles. The molecule has 0 heterocycles. The first kappa shape index (κ1) is 13.0. The van der Waals surface area contributed by atoms with E-state index >= 15 is 0 Å². The fourth-order valence-electron chi connectivity index (χ4n) is 1.57. The van der Waals surface area contributed by atoms with Crippen molar-refractivity contribution in [2.75, 3.05) is 13.3 Å². The summed E-state index contributed by atoms with van der Waals surface area (Å²) in [6.45, 7) is 5.45. The van der Waals surface area contributed by atoms with Crippen LogP contribution in [-0.4, -0.2) is 19.6 Å². The molecule has 1 rings (SSSR count). The number of benzene rings is 1. The lowest BCUT2D eigenvalue weighted by Gasteiger charge is -2.18. The van der Waals surface area contributed by atoms with Crippen LogP contribution in [0.5, 0.6) is 5.75 Å². The molecule has 2 nitrogen and oxygen atoms in total. The van der Waals surface area contributed by atoms with Crippen LogP contribution in [0.4, 0.5) is 4.39 Å². The topological polar surface area (TPSA) is 18.5 Å². The van der Waals surface area contributed by atoms with Gasteiger partial charge >= 0.3 is 0 Å². The van der Waals surface area contributed by atoms with Crippen molar-refractivity contribution in [3.8, 4) is 5.75 Å². The van der Waals surface area contributed by atoms with Gasteiger partial charge < -0.3 is 9.47 Å². The third kappa shape index (κ3) is 3.49. The molecule has 0 bridgehead atoms. The number of ether oxygens (including phenoxy) is 2. The van der Waals surface area contributed by atoms with Crippen LogP contribution in [-0.2, 0) is 11.2 Å². The van der Waals surface area contributed by atoms with Gasteiger partial charge in [0, 0.05) is 0 Å². The standard InChI is InChI=1S/C13H19FO2/c1-4-12-7-5-6-10(2)13(12)16-11(3)15-9-8-14/h5-7,11H,4,8-9H2,1-3H3. The van der Waals surface area contributed by atoms with Gasteiger partial charge in [0.25, 0.3) is 0 Å². The molecule has 0 saturated heterocycles. The Morgan fingerprint density at radius 3 is 2.75 bits per heavy atom. The minimum absolute atomic E-state index is 0.0779. The SMILES string of the molecule is CCc1cccc(C)c1OC(C)OCCF. The van der Waals surface area contributed by atoms with E-state index in [1.807, 2.05) is 25.1 Å². The summed E-state index contributed by atoms with van der Waals surface area (Å²) >= 11 is 0. The van der Waals surface area contributed by atoms with E-state index in [0.717, 1.165) is 23.3 Å². The van der Waals surface area contributed by atoms with Gasteiger partial charge in [-0.15, -0.1) is 0 Å². The largest absolute Gasteiger partial charge is 0.465 e. The van der Waals surface area contributed by atoms with Crippen LogP contribution >= 0.6 is 0 Å². The Balaban J connectivity index is 2.71. The molecule has 0 aliphatic heterocycles. The molecule has 1 atom stereocenters. The van der Waals surface area contributed by atoms with E-state index < -0.39 is 13.0 Å². The average molecular weight is 226 g/mol. The lowest BCUT2D eigenvalue weighted by atomic mass is 10.1. The van der Waals surface area contributed by atoms with E-state index in [1.165, 1.54) is 0 Å². The van der Waals surface area contributed by atoms with E-state index in [9.17, 15) is 4.39 Å². The average Bonchev–Trinajstić information content (AvgIpc) is 2.29.